The van der Waals surface area contributed by atoms with E-state index in [2.05, 4.69) is 16.4 Å². The van der Waals surface area contributed by atoms with E-state index in [1.807, 2.05) is 26.0 Å². The molecule has 0 amide bonds. The molecule has 88 valence electrons. The molecular weight excluding hydrogens is 234 g/mol. The molecule has 0 radical (unpaired) electrons. The number of aryl methyl sites for hydroxylation is 2. The number of nitrogen functional groups attached to an aromatic ring is 1. The summed E-state index contributed by atoms with van der Waals surface area (Å²) in [6.45, 7) is 4.03. The third-order valence-corrected chi connectivity index (χ3v) is 2.77. The summed E-state index contributed by atoms with van der Waals surface area (Å²) in [5.41, 5.74) is 9.34. The van der Waals surface area contributed by atoms with E-state index in [1.165, 1.54) is 0 Å². The van der Waals surface area contributed by atoms with E-state index >= 15 is 0 Å². The molecule has 0 saturated heterocycles. The van der Waals surface area contributed by atoms with Crippen LogP contribution >= 0.6 is 11.6 Å². The fraction of sp³-hybridized carbons (Fsp3) is 0.154. The molecule has 0 saturated carbocycles. The summed E-state index contributed by atoms with van der Waals surface area (Å²) in [5, 5.41) is 3.89. The van der Waals surface area contributed by atoms with Crippen LogP contribution in [0.15, 0.2) is 30.5 Å². The molecule has 2 aromatic rings. The summed E-state index contributed by atoms with van der Waals surface area (Å²) in [5.74, 6) is 0.730. The maximum Gasteiger partial charge on any atom is 0.130 e. The number of rotatable bonds is 2. The first-order valence-corrected chi connectivity index (χ1v) is 5.69. The summed E-state index contributed by atoms with van der Waals surface area (Å²) in [4.78, 5) is 4.18. The maximum atomic E-state index is 6.20. The molecular formula is C13H14ClN3. The minimum Gasteiger partial charge on any atom is -0.397 e. The third-order valence-electron chi connectivity index (χ3n) is 2.47. The largest absolute Gasteiger partial charge is 0.397 e. The van der Waals surface area contributed by atoms with E-state index in [9.17, 15) is 0 Å². The smallest absolute Gasteiger partial charge is 0.130 e. The van der Waals surface area contributed by atoms with Crippen molar-refractivity contribution in [2.75, 3.05) is 11.1 Å². The Morgan fingerprint density at radius 2 is 2.00 bits per heavy atom. The monoisotopic (exact) mass is 247 g/mol. The second kappa shape index (κ2) is 4.63. The summed E-state index contributed by atoms with van der Waals surface area (Å²) in [6.07, 6.45) is 1.61. The number of nitrogens with one attached hydrogen (secondary N) is 1. The lowest BCUT2D eigenvalue weighted by Gasteiger charge is -2.12. The van der Waals surface area contributed by atoms with Gasteiger partial charge in [-0.25, -0.2) is 4.98 Å². The van der Waals surface area contributed by atoms with Gasteiger partial charge >= 0.3 is 0 Å². The van der Waals surface area contributed by atoms with Gasteiger partial charge in [-0.3, -0.25) is 0 Å². The minimum atomic E-state index is 0.641. The van der Waals surface area contributed by atoms with Crippen LogP contribution in [0.1, 0.15) is 11.1 Å². The molecule has 0 bridgehead atoms. The van der Waals surface area contributed by atoms with Crippen molar-refractivity contribution in [1.29, 1.82) is 0 Å². The number of nitrogens with two attached hydrogens (primary N) is 1. The second-order valence-electron chi connectivity index (χ2n) is 4.04. The van der Waals surface area contributed by atoms with Crippen molar-refractivity contribution in [2.45, 2.75) is 13.8 Å². The topological polar surface area (TPSA) is 50.9 Å². The molecule has 1 aromatic heterocycles. The van der Waals surface area contributed by atoms with Gasteiger partial charge in [0.1, 0.15) is 5.82 Å². The highest BCUT2D eigenvalue weighted by Crippen LogP contribution is 2.29. The standard InChI is InChI=1S/C13H14ClN3/c1-8-5-9(2)13(11(14)6-8)17-12-4-3-10(15)7-16-12/h3-7H,15H2,1-2H3,(H,16,17). The second-order valence-corrected chi connectivity index (χ2v) is 4.45. The number of nitrogens with zero attached hydrogens (tertiary/aromatic N) is 1. The van der Waals surface area contributed by atoms with Crippen molar-refractivity contribution in [3.05, 3.63) is 46.6 Å². The molecule has 0 spiro atoms. The summed E-state index contributed by atoms with van der Waals surface area (Å²) in [6, 6.07) is 7.62. The van der Waals surface area contributed by atoms with Crippen molar-refractivity contribution in [2.24, 2.45) is 0 Å². The predicted molar refractivity (Wildman–Crippen MR) is 72.9 cm³/mol. The maximum absolute atomic E-state index is 6.20. The highest BCUT2D eigenvalue weighted by molar-refractivity contribution is 6.33. The van der Waals surface area contributed by atoms with Crippen LogP contribution in [0.3, 0.4) is 0 Å². The Morgan fingerprint density at radius 3 is 2.59 bits per heavy atom. The molecule has 1 aromatic carbocycles. The number of hydrogen-bond donors (Lipinski definition) is 2. The van der Waals surface area contributed by atoms with Gasteiger partial charge in [0, 0.05) is 0 Å². The zero-order valence-corrected chi connectivity index (χ0v) is 10.5. The van der Waals surface area contributed by atoms with Gasteiger partial charge in [-0.05, 0) is 43.2 Å². The molecule has 0 fully saturated rings. The van der Waals surface area contributed by atoms with Gasteiger partial charge in [0.15, 0.2) is 0 Å². The van der Waals surface area contributed by atoms with E-state index in [-0.39, 0.29) is 0 Å². The molecule has 3 N–H and O–H groups in total. The Balaban J connectivity index is 2.33. The first-order chi connectivity index (χ1) is 8.06. The van der Waals surface area contributed by atoms with Gasteiger partial charge in [-0.1, -0.05) is 17.7 Å². The van der Waals surface area contributed by atoms with Crippen LogP contribution in [-0.4, -0.2) is 4.98 Å². The first kappa shape index (κ1) is 11.7. The molecule has 3 nitrogen and oxygen atoms in total. The first-order valence-electron chi connectivity index (χ1n) is 5.31. The van der Waals surface area contributed by atoms with Crippen LogP contribution < -0.4 is 11.1 Å². The Labute approximate surface area is 106 Å². The zero-order valence-electron chi connectivity index (χ0n) is 9.79. The van der Waals surface area contributed by atoms with Gasteiger partial charge in [-0.2, -0.15) is 0 Å². The molecule has 0 unspecified atom stereocenters. The van der Waals surface area contributed by atoms with Gasteiger partial charge in [-0.15, -0.1) is 0 Å². The predicted octanol–water partition coefficient (Wildman–Crippen LogP) is 3.68. The third kappa shape index (κ3) is 2.68. The van der Waals surface area contributed by atoms with E-state index in [0.29, 0.717) is 10.7 Å². The molecule has 0 aliphatic heterocycles. The van der Waals surface area contributed by atoms with Crippen LogP contribution in [0.4, 0.5) is 17.2 Å². The average Bonchev–Trinajstić information content (AvgIpc) is 2.26. The summed E-state index contributed by atoms with van der Waals surface area (Å²) in [7, 11) is 0. The number of pyridine rings is 1. The van der Waals surface area contributed by atoms with Gasteiger partial charge in [0.2, 0.25) is 0 Å². The Morgan fingerprint density at radius 1 is 1.24 bits per heavy atom. The van der Waals surface area contributed by atoms with Crippen LogP contribution in [0.2, 0.25) is 5.02 Å². The van der Waals surface area contributed by atoms with Crippen LogP contribution in [0.5, 0.6) is 0 Å². The molecule has 1 heterocycles. The molecule has 0 aliphatic rings. The van der Waals surface area contributed by atoms with Crippen LogP contribution in [0.25, 0.3) is 0 Å². The van der Waals surface area contributed by atoms with E-state index < -0.39 is 0 Å². The number of hydrogen-bond acceptors (Lipinski definition) is 3. The molecule has 2 rings (SSSR count). The van der Waals surface area contributed by atoms with Crippen molar-refractivity contribution < 1.29 is 0 Å². The van der Waals surface area contributed by atoms with E-state index in [0.717, 1.165) is 22.6 Å². The normalized spacial score (nSPS) is 10.3. The lowest BCUT2D eigenvalue weighted by molar-refractivity contribution is 1.29. The number of halogens is 1. The molecule has 0 aliphatic carbocycles. The molecule has 0 atom stereocenters. The Hall–Kier alpha value is -1.74. The van der Waals surface area contributed by atoms with Crippen LogP contribution in [0, 0.1) is 13.8 Å². The highest BCUT2D eigenvalue weighted by atomic mass is 35.5. The quantitative estimate of drug-likeness (QED) is 0.851. The van der Waals surface area contributed by atoms with Crippen molar-refractivity contribution in [1.82, 2.24) is 4.98 Å². The Bertz CT molecular complexity index is 512. The van der Waals surface area contributed by atoms with Crippen molar-refractivity contribution in [3.8, 4) is 0 Å². The lowest BCUT2D eigenvalue weighted by Crippen LogP contribution is -1.97. The fourth-order valence-corrected chi connectivity index (χ4v) is 2.05. The van der Waals surface area contributed by atoms with E-state index in [4.69, 9.17) is 17.3 Å². The van der Waals surface area contributed by atoms with Gasteiger partial charge in [0.05, 0.1) is 22.6 Å². The zero-order chi connectivity index (χ0) is 12.4. The number of aromatic nitrogens is 1. The Kier molecular flexibility index (Phi) is 3.20. The minimum absolute atomic E-state index is 0.641. The molecule has 4 heteroatoms. The van der Waals surface area contributed by atoms with Crippen molar-refractivity contribution in [3.63, 3.8) is 0 Å². The highest BCUT2D eigenvalue weighted by Gasteiger charge is 2.06. The number of benzene rings is 1. The average molecular weight is 248 g/mol. The van der Waals surface area contributed by atoms with E-state index in [1.54, 1.807) is 12.3 Å². The van der Waals surface area contributed by atoms with Gasteiger partial charge < -0.3 is 11.1 Å². The number of anilines is 3. The molecule has 17 heavy (non-hydrogen) atoms. The van der Waals surface area contributed by atoms with Crippen molar-refractivity contribution >= 4 is 28.8 Å². The van der Waals surface area contributed by atoms with Gasteiger partial charge in [0.25, 0.3) is 0 Å². The SMILES string of the molecule is Cc1cc(C)c(Nc2ccc(N)cn2)c(Cl)c1. The summed E-state index contributed by atoms with van der Waals surface area (Å²) >= 11 is 6.20. The lowest BCUT2D eigenvalue weighted by atomic mass is 10.1. The summed E-state index contributed by atoms with van der Waals surface area (Å²) < 4.78 is 0. The fourth-order valence-electron chi connectivity index (χ4n) is 1.68. The van der Waals surface area contributed by atoms with Crippen LogP contribution in [-0.2, 0) is 0 Å².